The van der Waals surface area contributed by atoms with Crippen LogP contribution in [-0.2, 0) is 32.0 Å². The van der Waals surface area contributed by atoms with Crippen LogP contribution in [0, 0.1) is 0 Å². The van der Waals surface area contributed by atoms with Crippen LogP contribution in [0.3, 0.4) is 0 Å². The Morgan fingerprint density at radius 3 is 2.64 bits per heavy atom. The number of nitrogens with one attached hydrogen (secondary N) is 1. The van der Waals surface area contributed by atoms with E-state index < -0.39 is 66.9 Å². The first-order valence-electron chi connectivity index (χ1n) is 17.1. The summed E-state index contributed by atoms with van der Waals surface area (Å²) in [5.74, 6) is -0.555. The number of hydrogen-bond donors (Lipinski definition) is 7. The number of carbonyl (C=O) groups is 2. The smallest absolute Gasteiger partial charge is 0.317 e. The number of H-pyrrole nitrogens is 1. The minimum atomic E-state index is -2.17. The van der Waals surface area contributed by atoms with Gasteiger partial charge in [0.05, 0.1) is 38.4 Å². The summed E-state index contributed by atoms with van der Waals surface area (Å²) in [4.78, 5) is 26.7. The maximum Gasteiger partial charge on any atom is 0.317 e. The van der Waals surface area contributed by atoms with Crippen molar-refractivity contribution in [2.75, 3.05) is 20.8 Å². The van der Waals surface area contributed by atoms with Gasteiger partial charge in [-0.2, -0.15) is 0 Å². The molecule has 0 amide bonds. The van der Waals surface area contributed by atoms with Crippen LogP contribution in [0.15, 0.2) is 42.9 Å². The van der Waals surface area contributed by atoms with E-state index in [1.54, 1.807) is 20.3 Å². The number of aliphatic carboxylic acids is 1. The third-order valence-electron chi connectivity index (χ3n) is 10.6. The highest BCUT2D eigenvalue weighted by atomic mass is 16.7. The van der Waals surface area contributed by atoms with E-state index in [1.807, 2.05) is 41.4 Å². The average Bonchev–Trinajstić information content (AvgIpc) is 3.81. The number of hydrogen-bond acceptors (Lipinski definition) is 14. The van der Waals surface area contributed by atoms with Crippen molar-refractivity contribution in [2.24, 2.45) is 11.5 Å². The SMILES string of the molecule is COc1ccc2c(c1OC)O[C@H]1c3c(cc4c(c3Cn3cc5cc[nH]c5c3)CC[C@]3(O)[C@H](O4)O[C@H]([C@H](OC(=O)CC(=O)O)C(N)N)[C@@H](O)[C@@H]3O)OC[C@@H]21. The Bertz CT molecular complexity index is 2050. The van der Waals surface area contributed by atoms with Crippen LogP contribution in [0.2, 0.25) is 0 Å². The first kappa shape index (κ1) is 35.0. The number of nitrogens with zero attached hydrogens (tertiary/aromatic N) is 1. The second kappa shape index (κ2) is 13.1. The van der Waals surface area contributed by atoms with E-state index in [0.29, 0.717) is 35.1 Å². The van der Waals surface area contributed by atoms with Crippen molar-refractivity contribution in [3.8, 4) is 28.7 Å². The van der Waals surface area contributed by atoms with Crippen molar-refractivity contribution in [2.45, 2.75) is 80.3 Å². The Kier molecular flexibility index (Phi) is 8.67. The summed E-state index contributed by atoms with van der Waals surface area (Å²) >= 11 is 0. The quantitative estimate of drug-likeness (QED) is 0.0712. The van der Waals surface area contributed by atoms with Gasteiger partial charge < -0.3 is 74.6 Å². The van der Waals surface area contributed by atoms with Crippen molar-refractivity contribution in [3.63, 3.8) is 0 Å². The van der Waals surface area contributed by atoms with Gasteiger partial charge in [0, 0.05) is 53.3 Å². The molecule has 6 heterocycles. The molecule has 0 bridgehead atoms. The highest BCUT2D eigenvalue weighted by Gasteiger charge is 2.59. The van der Waals surface area contributed by atoms with E-state index in [0.717, 1.165) is 27.6 Å². The lowest BCUT2D eigenvalue weighted by molar-refractivity contribution is -0.329. The Balaban J connectivity index is 1.21. The maximum atomic E-state index is 12.3. The number of aromatic amines is 1. The van der Waals surface area contributed by atoms with Crippen molar-refractivity contribution < 1.29 is 63.2 Å². The van der Waals surface area contributed by atoms with E-state index in [-0.39, 0.29) is 31.1 Å². The number of nitrogens with two attached hydrogens (primary N) is 2. The van der Waals surface area contributed by atoms with Crippen molar-refractivity contribution in [1.29, 1.82) is 0 Å². The van der Waals surface area contributed by atoms with Crippen LogP contribution in [0.1, 0.15) is 47.1 Å². The summed E-state index contributed by atoms with van der Waals surface area (Å²) < 4.78 is 44.1. The van der Waals surface area contributed by atoms with E-state index >= 15 is 0 Å². The lowest BCUT2D eigenvalue weighted by Gasteiger charge is -2.48. The number of ether oxygens (including phenoxy) is 7. The van der Waals surface area contributed by atoms with Crippen LogP contribution >= 0.6 is 0 Å². The fourth-order valence-electron chi connectivity index (χ4n) is 8.07. The van der Waals surface area contributed by atoms with Gasteiger partial charge in [-0.1, -0.05) is 6.07 Å². The highest BCUT2D eigenvalue weighted by molar-refractivity contribution is 5.90. The molecule has 0 spiro atoms. The zero-order valence-electron chi connectivity index (χ0n) is 28.8. The number of aliphatic hydroxyl groups is 3. The summed E-state index contributed by atoms with van der Waals surface area (Å²) in [6, 6.07) is 7.42. The molecular formula is C36H40N4O13. The van der Waals surface area contributed by atoms with Gasteiger partial charge >= 0.3 is 11.9 Å². The second-order valence-electron chi connectivity index (χ2n) is 13.8. The fraction of sp³-hybridized carbons (Fsp3) is 0.444. The largest absolute Gasteiger partial charge is 0.493 e. The number of carboxylic acid groups (broad SMARTS) is 1. The van der Waals surface area contributed by atoms with Crippen LogP contribution in [0.5, 0.6) is 28.7 Å². The van der Waals surface area contributed by atoms with Crippen LogP contribution < -0.4 is 35.2 Å². The van der Waals surface area contributed by atoms with Gasteiger partial charge in [-0.3, -0.25) is 9.59 Å². The molecule has 0 saturated carbocycles. The van der Waals surface area contributed by atoms with Gasteiger partial charge in [0.2, 0.25) is 12.0 Å². The van der Waals surface area contributed by atoms with Gasteiger partial charge in [-0.25, -0.2) is 0 Å². The molecule has 8 rings (SSSR count). The van der Waals surface area contributed by atoms with E-state index in [2.05, 4.69) is 4.98 Å². The Hall–Kier alpha value is -5.04. The minimum Gasteiger partial charge on any atom is -0.493 e. The van der Waals surface area contributed by atoms with E-state index in [4.69, 9.17) is 49.7 Å². The number of benzene rings is 2. The lowest BCUT2D eigenvalue weighted by Crippen LogP contribution is -2.71. The number of esters is 1. The predicted octanol–water partition coefficient (Wildman–Crippen LogP) is 0.777. The molecule has 2 aromatic heterocycles. The second-order valence-corrected chi connectivity index (χ2v) is 13.8. The number of carboxylic acids is 1. The molecule has 53 heavy (non-hydrogen) atoms. The molecule has 8 atom stereocenters. The van der Waals surface area contributed by atoms with Crippen LogP contribution in [0.4, 0.5) is 0 Å². The molecule has 2 aromatic carbocycles. The van der Waals surface area contributed by atoms with E-state index in [1.165, 1.54) is 0 Å². The standard InChI is InChI=1S/C36H40N4O13/c1-47-21-4-3-17-19-14-49-23-9-22-16(18(12-40-11-15-6-8-39-20(15)13-40)26(23)28(19)52-29(17)30(21)48-2)5-7-36(46)33(45)27(44)31(53-35(36)50-22)32(34(37)38)51-25(43)10-24(41)42/h3-4,6,8-9,11,13,19,27-28,31-35,39,44-46H,5,7,10,12,14,37-38H2,1-2H3,(H,41,42)/t19-,27+,28+,31-,32-,33-,35+,36+/m0/s1. The van der Waals surface area contributed by atoms with Gasteiger partial charge in [0.25, 0.3) is 0 Å². The summed E-state index contributed by atoms with van der Waals surface area (Å²) in [6.07, 6.45) is -5.71. The van der Waals surface area contributed by atoms with Gasteiger partial charge in [-0.05, 0) is 30.5 Å². The summed E-state index contributed by atoms with van der Waals surface area (Å²) in [6.45, 7) is 0.602. The predicted molar refractivity (Wildman–Crippen MR) is 182 cm³/mol. The molecule has 0 aliphatic carbocycles. The number of aliphatic hydroxyl groups excluding tert-OH is 2. The number of aromatic nitrogens is 2. The molecule has 4 aromatic rings. The van der Waals surface area contributed by atoms with E-state index in [9.17, 15) is 24.9 Å². The van der Waals surface area contributed by atoms with Crippen LogP contribution in [-0.4, -0.2) is 105 Å². The summed E-state index contributed by atoms with van der Waals surface area (Å²) in [7, 11) is 3.11. The van der Waals surface area contributed by atoms with Crippen molar-refractivity contribution in [3.05, 3.63) is 65.1 Å². The summed E-state index contributed by atoms with van der Waals surface area (Å²) in [5.41, 5.74) is 13.7. The molecular weight excluding hydrogens is 696 g/mol. The summed E-state index contributed by atoms with van der Waals surface area (Å²) in [5, 5.41) is 44.7. The molecule has 0 radical (unpaired) electrons. The molecule has 4 aliphatic rings. The zero-order valence-corrected chi connectivity index (χ0v) is 28.8. The monoisotopic (exact) mass is 736 g/mol. The normalized spacial score (nSPS) is 27.5. The Morgan fingerprint density at radius 1 is 1.11 bits per heavy atom. The minimum absolute atomic E-state index is 0.132. The molecule has 17 heteroatoms. The Labute approximate surface area is 301 Å². The number of carbonyl (C=O) groups excluding carboxylic acids is 1. The molecule has 0 unspecified atom stereocenters. The number of rotatable bonds is 9. The molecule has 9 N–H and O–H groups in total. The van der Waals surface area contributed by atoms with Crippen molar-refractivity contribution >= 4 is 22.8 Å². The average molecular weight is 737 g/mol. The Morgan fingerprint density at radius 2 is 1.92 bits per heavy atom. The molecule has 1 fully saturated rings. The van der Waals surface area contributed by atoms with Crippen LogP contribution in [0.25, 0.3) is 10.9 Å². The first-order valence-corrected chi connectivity index (χ1v) is 17.1. The topological polar surface area (TPSA) is 252 Å². The molecule has 4 aliphatic heterocycles. The molecule has 282 valence electrons. The number of methoxy groups -OCH3 is 2. The lowest BCUT2D eigenvalue weighted by atomic mass is 9.80. The number of fused-ring (bicyclic) bond motifs is 8. The van der Waals surface area contributed by atoms with Gasteiger partial charge in [0.15, 0.2) is 23.2 Å². The highest BCUT2D eigenvalue weighted by Crippen LogP contribution is 2.58. The molecule has 17 nitrogen and oxygen atoms in total. The van der Waals surface area contributed by atoms with Crippen molar-refractivity contribution in [1.82, 2.24) is 9.55 Å². The first-order chi connectivity index (χ1) is 25.4. The fourth-order valence-corrected chi connectivity index (χ4v) is 8.07. The third-order valence-corrected chi connectivity index (χ3v) is 10.6. The zero-order chi connectivity index (χ0) is 37.3. The molecule has 1 saturated heterocycles. The van der Waals surface area contributed by atoms with Gasteiger partial charge in [-0.15, -0.1) is 0 Å². The van der Waals surface area contributed by atoms with Gasteiger partial charge in [0.1, 0.15) is 42.3 Å². The maximum absolute atomic E-state index is 12.3. The third kappa shape index (κ3) is 5.71.